The maximum Gasteiger partial charge on any atom is 0.339 e. The quantitative estimate of drug-likeness (QED) is 0.835. The molecule has 1 aromatic rings. The molecule has 1 rings (SSSR count). The Morgan fingerprint density at radius 2 is 2.00 bits per heavy atom. The van der Waals surface area contributed by atoms with E-state index < -0.39 is 17.9 Å². The van der Waals surface area contributed by atoms with Gasteiger partial charge < -0.3 is 14.6 Å². The first-order chi connectivity index (χ1) is 8.92. The monoisotopic (exact) mass is 270 g/mol. The van der Waals surface area contributed by atoms with Gasteiger partial charge in [0.25, 0.3) is 0 Å². The van der Waals surface area contributed by atoms with Crippen molar-refractivity contribution in [1.82, 2.24) is 0 Å². The zero-order valence-electron chi connectivity index (χ0n) is 11.6. The zero-order valence-corrected chi connectivity index (χ0v) is 11.6. The summed E-state index contributed by atoms with van der Waals surface area (Å²) in [6.07, 6.45) is -1.48. The van der Waals surface area contributed by atoms with Gasteiger partial charge in [0.15, 0.2) is 6.10 Å². The fourth-order valence-electron chi connectivity index (χ4n) is 1.77. The number of halogens is 1. The van der Waals surface area contributed by atoms with Gasteiger partial charge in [-0.3, -0.25) is 0 Å². The van der Waals surface area contributed by atoms with E-state index in [1.54, 1.807) is 6.92 Å². The molecule has 1 aromatic carbocycles. The fourth-order valence-corrected chi connectivity index (χ4v) is 1.77. The van der Waals surface area contributed by atoms with Gasteiger partial charge >= 0.3 is 5.97 Å². The van der Waals surface area contributed by atoms with Crippen LogP contribution < -0.4 is 4.74 Å². The van der Waals surface area contributed by atoms with Crippen molar-refractivity contribution in [1.29, 1.82) is 0 Å². The third-order valence-corrected chi connectivity index (χ3v) is 2.78. The first kappa shape index (κ1) is 15.4. The van der Waals surface area contributed by atoms with Gasteiger partial charge in [-0.1, -0.05) is 13.8 Å². The molecule has 1 unspecified atom stereocenters. The largest absolute Gasteiger partial charge is 0.496 e. The SMILES string of the molecule is CCOC(=O)C(O)c1cc(C(C)C)c(F)cc1OC. The molecule has 0 saturated carbocycles. The second kappa shape index (κ2) is 6.52. The van der Waals surface area contributed by atoms with Gasteiger partial charge in [-0.2, -0.15) is 0 Å². The molecule has 1 atom stereocenters. The topological polar surface area (TPSA) is 55.8 Å². The van der Waals surface area contributed by atoms with Gasteiger partial charge in [-0.15, -0.1) is 0 Å². The number of aliphatic hydroxyl groups excluding tert-OH is 1. The van der Waals surface area contributed by atoms with Crippen LogP contribution in [-0.4, -0.2) is 24.8 Å². The molecule has 0 heterocycles. The summed E-state index contributed by atoms with van der Waals surface area (Å²) in [5.74, 6) is -1.14. The lowest BCUT2D eigenvalue weighted by atomic mass is 9.97. The van der Waals surface area contributed by atoms with Gasteiger partial charge in [-0.05, 0) is 24.5 Å². The van der Waals surface area contributed by atoms with Crippen LogP contribution in [0.1, 0.15) is 43.9 Å². The third-order valence-electron chi connectivity index (χ3n) is 2.78. The summed E-state index contributed by atoms with van der Waals surface area (Å²) in [7, 11) is 1.35. The van der Waals surface area contributed by atoms with Crippen molar-refractivity contribution in [3.8, 4) is 5.75 Å². The molecule has 19 heavy (non-hydrogen) atoms. The molecule has 0 spiro atoms. The molecular formula is C14H19FO4. The molecule has 0 aliphatic rings. The first-order valence-corrected chi connectivity index (χ1v) is 6.14. The first-order valence-electron chi connectivity index (χ1n) is 6.14. The molecule has 0 aromatic heterocycles. The Labute approximate surface area is 112 Å². The summed E-state index contributed by atoms with van der Waals surface area (Å²) in [6.45, 7) is 5.46. The third kappa shape index (κ3) is 3.44. The predicted octanol–water partition coefficient (Wildman–Crippen LogP) is 2.55. The second-order valence-electron chi connectivity index (χ2n) is 4.42. The number of aliphatic hydroxyl groups is 1. The van der Waals surface area contributed by atoms with E-state index >= 15 is 0 Å². The summed E-state index contributed by atoms with van der Waals surface area (Å²) in [5, 5.41) is 9.95. The normalized spacial score (nSPS) is 12.4. The lowest BCUT2D eigenvalue weighted by Gasteiger charge is -2.17. The molecule has 0 bridgehead atoms. The van der Waals surface area contributed by atoms with Crippen LogP contribution in [0.15, 0.2) is 12.1 Å². The highest BCUT2D eigenvalue weighted by molar-refractivity contribution is 5.77. The van der Waals surface area contributed by atoms with Gasteiger partial charge in [-0.25, -0.2) is 9.18 Å². The average molecular weight is 270 g/mol. The fraction of sp³-hybridized carbons (Fsp3) is 0.500. The van der Waals surface area contributed by atoms with Crippen molar-refractivity contribution in [2.24, 2.45) is 0 Å². The van der Waals surface area contributed by atoms with E-state index in [1.165, 1.54) is 19.2 Å². The smallest absolute Gasteiger partial charge is 0.339 e. The molecule has 0 radical (unpaired) electrons. The lowest BCUT2D eigenvalue weighted by Crippen LogP contribution is -2.17. The molecule has 0 saturated heterocycles. The van der Waals surface area contributed by atoms with Crippen LogP contribution in [0.4, 0.5) is 4.39 Å². The van der Waals surface area contributed by atoms with Crippen LogP contribution in [0.2, 0.25) is 0 Å². The highest BCUT2D eigenvalue weighted by Gasteiger charge is 2.25. The Balaban J connectivity index is 3.24. The number of ether oxygens (including phenoxy) is 2. The van der Waals surface area contributed by atoms with Gasteiger partial charge in [0, 0.05) is 11.6 Å². The van der Waals surface area contributed by atoms with Crippen LogP contribution in [0.5, 0.6) is 5.75 Å². The van der Waals surface area contributed by atoms with Crippen LogP contribution in [0.25, 0.3) is 0 Å². The maximum atomic E-state index is 13.8. The highest BCUT2D eigenvalue weighted by atomic mass is 19.1. The minimum absolute atomic E-state index is 0.0703. The molecule has 0 aliphatic carbocycles. The van der Waals surface area contributed by atoms with Crippen LogP contribution in [0.3, 0.4) is 0 Å². The van der Waals surface area contributed by atoms with Gasteiger partial charge in [0.05, 0.1) is 13.7 Å². The van der Waals surface area contributed by atoms with Crippen molar-refractivity contribution >= 4 is 5.97 Å². The minimum Gasteiger partial charge on any atom is -0.496 e. The highest BCUT2D eigenvalue weighted by Crippen LogP contribution is 2.32. The summed E-state index contributed by atoms with van der Waals surface area (Å²) >= 11 is 0. The van der Waals surface area contributed by atoms with Crippen molar-refractivity contribution in [2.45, 2.75) is 32.8 Å². The van der Waals surface area contributed by atoms with E-state index in [0.717, 1.165) is 0 Å². The second-order valence-corrected chi connectivity index (χ2v) is 4.42. The maximum absolute atomic E-state index is 13.8. The van der Waals surface area contributed by atoms with E-state index in [2.05, 4.69) is 0 Å². The molecule has 5 heteroatoms. The number of hydrogen-bond donors (Lipinski definition) is 1. The number of methoxy groups -OCH3 is 1. The number of esters is 1. The van der Waals surface area contributed by atoms with Crippen LogP contribution in [0, 0.1) is 5.82 Å². The van der Waals surface area contributed by atoms with Crippen molar-refractivity contribution < 1.29 is 23.8 Å². The van der Waals surface area contributed by atoms with Crippen LogP contribution >= 0.6 is 0 Å². The average Bonchev–Trinajstić information content (AvgIpc) is 2.37. The van der Waals surface area contributed by atoms with Crippen molar-refractivity contribution in [2.75, 3.05) is 13.7 Å². The Kier molecular flexibility index (Phi) is 5.30. The summed E-state index contributed by atoms with van der Waals surface area (Å²) in [5.41, 5.74) is 0.630. The number of benzene rings is 1. The lowest BCUT2D eigenvalue weighted by molar-refractivity contribution is -0.153. The molecule has 0 amide bonds. The van der Waals surface area contributed by atoms with E-state index in [1.807, 2.05) is 13.8 Å². The number of rotatable bonds is 5. The van der Waals surface area contributed by atoms with E-state index in [-0.39, 0.29) is 23.8 Å². The summed E-state index contributed by atoms with van der Waals surface area (Å²) < 4.78 is 23.6. The Morgan fingerprint density at radius 3 is 2.47 bits per heavy atom. The molecule has 0 aliphatic heterocycles. The molecule has 0 fully saturated rings. The molecule has 106 valence electrons. The molecule has 1 N–H and O–H groups in total. The predicted molar refractivity (Wildman–Crippen MR) is 68.6 cm³/mol. The minimum atomic E-state index is -1.48. The zero-order chi connectivity index (χ0) is 14.6. The molecular weight excluding hydrogens is 251 g/mol. The Morgan fingerprint density at radius 1 is 1.37 bits per heavy atom. The summed E-state index contributed by atoms with van der Waals surface area (Å²) in [4.78, 5) is 11.6. The number of carbonyl (C=O) groups excluding carboxylic acids is 1. The van der Waals surface area contributed by atoms with Crippen molar-refractivity contribution in [3.05, 3.63) is 29.1 Å². The van der Waals surface area contributed by atoms with Gasteiger partial charge in [0.1, 0.15) is 11.6 Å². The van der Waals surface area contributed by atoms with E-state index in [9.17, 15) is 14.3 Å². The van der Waals surface area contributed by atoms with E-state index in [4.69, 9.17) is 9.47 Å². The van der Waals surface area contributed by atoms with E-state index in [0.29, 0.717) is 5.56 Å². The molecule has 4 nitrogen and oxygen atoms in total. The van der Waals surface area contributed by atoms with Crippen LogP contribution in [-0.2, 0) is 9.53 Å². The number of carbonyl (C=O) groups is 1. The number of hydrogen-bond acceptors (Lipinski definition) is 4. The summed E-state index contributed by atoms with van der Waals surface area (Å²) in [6, 6.07) is 2.62. The standard InChI is InChI=1S/C14H19FO4/c1-5-19-14(17)13(16)10-6-9(8(2)3)11(15)7-12(10)18-4/h6-8,13,16H,5H2,1-4H3. The Bertz CT molecular complexity index is 457. The van der Waals surface area contributed by atoms with Crippen molar-refractivity contribution in [3.63, 3.8) is 0 Å². The Hall–Kier alpha value is -1.62. The van der Waals surface area contributed by atoms with Gasteiger partial charge in [0.2, 0.25) is 0 Å².